The van der Waals surface area contributed by atoms with Crippen LogP contribution in [0.4, 0.5) is 0 Å². The zero-order valence-electron chi connectivity index (χ0n) is 12.2. The summed E-state index contributed by atoms with van der Waals surface area (Å²) in [5, 5.41) is 0. The van der Waals surface area contributed by atoms with Gasteiger partial charge in [-0.25, -0.2) is 0 Å². The average Bonchev–Trinajstić information content (AvgIpc) is 2.43. The minimum atomic E-state index is -1.01. The number of hydrogen-bond acceptors (Lipinski definition) is 3. The number of benzene rings is 1. The number of carbonyl (C=O) groups excluding carboxylic acids is 2. The first kappa shape index (κ1) is 13.3. The van der Waals surface area contributed by atoms with E-state index in [2.05, 4.69) is 0 Å². The van der Waals surface area contributed by atoms with Gasteiger partial charge in [0, 0.05) is 12.0 Å². The summed E-state index contributed by atoms with van der Waals surface area (Å²) in [5.74, 6) is -0.616. The topological polar surface area (TPSA) is 46.6 Å². The molecule has 0 saturated carbocycles. The third-order valence-electron chi connectivity index (χ3n) is 4.71. The van der Waals surface area contributed by atoms with E-state index in [9.17, 15) is 9.59 Å². The number of morpholine rings is 1. The number of fused-ring (bicyclic) bond motifs is 2. The van der Waals surface area contributed by atoms with Crippen LogP contribution in [0, 0.1) is 5.92 Å². The molecule has 0 aromatic heterocycles. The number of amides is 2. The van der Waals surface area contributed by atoms with Crippen molar-refractivity contribution >= 4 is 11.8 Å². The lowest BCUT2D eigenvalue weighted by atomic mass is 9.62. The van der Waals surface area contributed by atoms with E-state index in [1.54, 1.807) is 6.92 Å². The number of imide groups is 1. The number of carbonyl (C=O) groups is 2. The Morgan fingerprint density at radius 3 is 2.25 bits per heavy atom. The van der Waals surface area contributed by atoms with E-state index in [1.807, 2.05) is 51.1 Å². The molecule has 3 aliphatic heterocycles. The third-order valence-corrected chi connectivity index (χ3v) is 4.71. The van der Waals surface area contributed by atoms with Crippen molar-refractivity contribution in [1.82, 2.24) is 4.90 Å². The SMILES string of the molecule is CC(C)N1C(=O)[C@]2(C)O[C@](c3ccccc3)(C1=O)[C@@H]2C. The van der Waals surface area contributed by atoms with Gasteiger partial charge in [-0.05, 0) is 26.3 Å². The normalized spacial score (nSPS) is 36.2. The van der Waals surface area contributed by atoms with Gasteiger partial charge >= 0.3 is 0 Å². The Balaban J connectivity index is 2.14. The number of piperidine rings is 1. The Labute approximate surface area is 118 Å². The molecule has 0 radical (unpaired) electrons. The summed E-state index contributed by atoms with van der Waals surface area (Å²) in [6, 6.07) is 9.30. The highest BCUT2D eigenvalue weighted by Crippen LogP contribution is 2.58. The van der Waals surface area contributed by atoms with Crippen LogP contribution < -0.4 is 0 Å². The van der Waals surface area contributed by atoms with Crippen LogP contribution in [0.15, 0.2) is 30.3 Å². The second-order valence-electron chi connectivity index (χ2n) is 6.11. The van der Waals surface area contributed by atoms with E-state index >= 15 is 0 Å². The average molecular weight is 273 g/mol. The Morgan fingerprint density at radius 2 is 1.75 bits per heavy atom. The lowest BCUT2D eigenvalue weighted by molar-refractivity contribution is -0.316. The van der Waals surface area contributed by atoms with Crippen LogP contribution in [0.5, 0.6) is 0 Å². The van der Waals surface area contributed by atoms with Gasteiger partial charge in [-0.15, -0.1) is 0 Å². The van der Waals surface area contributed by atoms with Crippen LogP contribution in [0.25, 0.3) is 0 Å². The van der Waals surface area contributed by atoms with E-state index < -0.39 is 11.2 Å². The number of hydrogen-bond donors (Lipinski definition) is 0. The lowest BCUT2D eigenvalue weighted by Crippen LogP contribution is -2.81. The molecule has 0 aliphatic carbocycles. The smallest absolute Gasteiger partial charge is 0.266 e. The van der Waals surface area contributed by atoms with Crippen molar-refractivity contribution in [2.24, 2.45) is 5.92 Å². The van der Waals surface area contributed by atoms with Gasteiger partial charge in [-0.1, -0.05) is 37.3 Å². The molecule has 2 amide bonds. The summed E-state index contributed by atoms with van der Waals surface area (Å²) in [7, 11) is 0. The molecule has 3 atom stereocenters. The zero-order valence-corrected chi connectivity index (χ0v) is 12.2. The number of ether oxygens (including phenoxy) is 1. The van der Waals surface area contributed by atoms with Crippen molar-refractivity contribution in [3.8, 4) is 0 Å². The molecular formula is C16H19NO3. The van der Waals surface area contributed by atoms with E-state index in [4.69, 9.17) is 4.74 Å². The Bertz CT molecular complexity index is 583. The fourth-order valence-electron chi connectivity index (χ4n) is 3.40. The minimum Gasteiger partial charge on any atom is -0.343 e. The molecule has 3 heterocycles. The van der Waals surface area contributed by atoms with Crippen molar-refractivity contribution in [2.45, 2.75) is 44.9 Å². The largest absolute Gasteiger partial charge is 0.343 e. The van der Waals surface area contributed by atoms with Crippen LogP contribution in [-0.2, 0) is 19.9 Å². The molecular weight excluding hydrogens is 254 g/mol. The molecule has 106 valence electrons. The van der Waals surface area contributed by atoms with Crippen LogP contribution in [-0.4, -0.2) is 28.4 Å². The third kappa shape index (κ3) is 1.30. The summed E-state index contributed by atoms with van der Waals surface area (Å²) >= 11 is 0. The molecule has 3 saturated heterocycles. The maximum atomic E-state index is 12.9. The van der Waals surface area contributed by atoms with Crippen molar-refractivity contribution < 1.29 is 14.3 Å². The fourth-order valence-corrected chi connectivity index (χ4v) is 3.40. The van der Waals surface area contributed by atoms with Gasteiger partial charge in [-0.3, -0.25) is 14.5 Å². The molecule has 3 fully saturated rings. The molecule has 0 spiro atoms. The summed E-state index contributed by atoms with van der Waals surface area (Å²) in [5.41, 5.74) is -1.07. The molecule has 20 heavy (non-hydrogen) atoms. The maximum absolute atomic E-state index is 12.9. The number of rotatable bonds is 2. The predicted molar refractivity (Wildman–Crippen MR) is 73.8 cm³/mol. The first-order valence-electron chi connectivity index (χ1n) is 6.99. The van der Waals surface area contributed by atoms with E-state index in [0.717, 1.165) is 5.56 Å². The molecule has 4 heteroatoms. The first-order valence-corrected chi connectivity index (χ1v) is 6.99. The van der Waals surface area contributed by atoms with Crippen molar-refractivity contribution in [3.63, 3.8) is 0 Å². The van der Waals surface area contributed by atoms with Gasteiger partial charge in [0.1, 0.15) is 0 Å². The lowest BCUT2D eigenvalue weighted by Gasteiger charge is -2.64. The molecule has 1 aromatic carbocycles. The highest BCUT2D eigenvalue weighted by Gasteiger charge is 2.75. The Kier molecular flexibility index (Phi) is 2.61. The predicted octanol–water partition coefficient (Wildman–Crippen LogP) is 2.08. The zero-order chi connectivity index (χ0) is 14.7. The van der Waals surface area contributed by atoms with Crippen LogP contribution in [0.3, 0.4) is 0 Å². The van der Waals surface area contributed by atoms with Gasteiger partial charge in [0.25, 0.3) is 11.8 Å². The van der Waals surface area contributed by atoms with E-state index in [1.165, 1.54) is 4.90 Å². The highest BCUT2D eigenvalue weighted by molar-refractivity contribution is 6.09. The van der Waals surface area contributed by atoms with Gasteiger partial charge in [0.05, 0.1) is 0 Å². The van der Waals surface area contributed by atoms with Gasteiger partial charge < -0.3 is 4.74 Å². The Morgan fingerprint density at radius 1 is 1.15 bits per heavy atom. The van der Waals surface area contributed by atoms with Crippen LogP contribution in [0.2, 0.25) is 0 Å². The maximum Gasteiger partial charge on any atom is 0.266 e. The van der Waals surface area contributed by atoms with E-state index in [0.29, 0.717) is 0 Å². The molecule has 4 nitrogen and oxygen atoms in total. The molecule has 1 aromatic rings. The standard InChI is InChI=1S/C16H19NO3/c1-10(2)17-13(18)15(4)11(3)16(20-15,14(17)19)12-8-6-5-7-9-12/h5-11H,1-4H3/t11-,15-,16-/m1/s1. The molecule has 2 bridgehead atoms. The van der Waals surface area contributed by atoms with Crippen molar-refractivity contribution in [3.05, 3.63) is 35.9 Å². The van der Waals surface area contributed by atoms with Crippen molar-refractivity contribution in [1.29, 1.82) is 0 Å². The van der Waals surface area contributed by atoms with Gasteiger partial charge in [0.15, 0.2) is 11.2 Å². The summed E-state index contributed by atoms with van der Waals surface area (Å²) < 4.78 is 5.91. The van der Waals surface area contributed by atoms with Gasteiger partial charge in [-0.2, -0.15) is 0 Å². The first-order chi connectivity index (χ1) is 9.35. The fraction of sp³-hybridized carbons (Fsp3) is 0.500. The Hall–Kier alpha value is -1.68. The second kappa shape index (κ2) is 3.92. The summed E-state index contributed by atoms with van der Waals surface area (Å²) in [6.45, 7) is 7.41. The second-order valence-corrected chi connectivity index (χ2v) is 6.11. The van der Waals surface area contributed by atoms with Crippen molar-refractivity contribution in [2.75, 3.05) is 0 Å². The summed E-state index contributed by atoms with van der Waals surface area (Å²) in [4.78, 5) is 26.7. The molecule has 3 aliphatic rings. The summed E-state index contributed by atoms with van der Waals surface area (Å²) in [6.07, 6.45) is 0. The molecule has 0 N–H and O–H groups in total. The van der Waals surface area contributed by atoms with E-state index in [-0.39, 0.29) is 23.8 Å². The molecule has 0 unspecified atom stereocenters. The molecule has 4 rings (SSSR count). The minimum absolute atomic E-state index is 0.159. The number of nitrogens with zero attached hydrogens (tertiary/aromatic N) is 1. The monoisotopic (exact) mass is 273 g/mol. The van der Waals surface area contributed by atoms with Crippen LogP contribution >= 0.6 is 0 Å². The van der Waals surface area contributed by atoms with Gasteiger partial charge in [0.2, 0.25) is 0 Å². The highest BCUT2D eigenvalue weighted by atomic mass is 16.6. The quantitative estimate of drug-likeness (QED) is 0.775. The van der Waals surface area contributed by atoms with Crippen LogP contribution in [0.1, 0.15) is 33.3 Å².